The number of aryl methyl sites for hydroxylation is 1. The van der Waals surface area contributed by atoms with Crippen LogP contribution >= 0.6 is 0 Å². The number of hydrogen-bond donors (Lipinski definition) is 3. The van der Waals surface area contributed by atoms with E-state index < -0.39 is 17.5 Å². The molecule has 0 aliphatic heterocycles. The average molecular weight is 359 g/mol. The molecule has 2 aromatic heterocycles. The lowest BCUT2D eigenvalue weighted by atomic mass is 10.2. The van der Waals surface area contributed by atoms with Crippen molar-refractivity contribution in [1.29, 1.82) is 0 Å². The number of primary amides is 1. The SMILES string of the molecule is Cn1cc(Nc2ncc(C(N)=O)c(NCc3c(F)cccc3F)n2)cn1. The Balaban J connectivity index is 1.86. The van der Waals surface area contributed by atoms with Gasteiger partial charge < -0.3 is 16.4 Å². The number of nitrogens with zero attached hydrogens (tertiary/aromatic N) is 4. The molecule has 0 fully saturated rings. The molecule has 0 radical (unpaired) electrons. The fraction of sp³-hybridized carbons (Fsp3) is 0.125. The minimum Gasteiger partial charge on any atom is -0.365 e. The number of carbonyl (C=O) groups excluding carboxylic acids is 1. The van der Waals surface area contributed by atoms with Crippen molar-refractivity contribution in [3.8, 4) is 0 Å². The molecule has 4 N–H and O–H groups in total. The van der Waals surface area contributed by atoms with Crippen molar-refractivity contribution in [2.24, 2.45) is 12.8 Å². The third-order valence-corrected chi connectivity index (χ3v) is 3.51. The molecule has 8 nitrogen and oxygen atoms in total. The summed E-state index contributed by atoms with van der Waals surface area (Å²) in [5, 5.41) is 9.64. The van der Waals surface area contributed by atoms with Crippen molar-refractivity contribution in [3.63, 3.8) is 0 Å². The van der Waals surface area contributed by atoms with Gasteiger partial charge in [0.05, 0.1) is 17.4 Å². The number of carbonyl (C=O) groups is 1. The van der Waals surface area contributed by atoms with E-state index in [1.54, 1.807) is 24.1 Å². The summed E-state index contributed by atoms with van der Waals surface area (Å²) in [4.78, 5) is 19.7. The molecule has 3 aromatic rings. The zero-order valence-corrected chi connectivity index (χ0v) is 13.7. The summed E-state index contributed by atoms with van der Waals surface area (Å²) in [5.74, 6) is -1.96. The number of nitrogens with two attached hydrogens (primary N) is 1. The molecule has 0 atom stereocenters. The maximum atomic E-state index is 13.8. The average Bonchev–Trinajstić information content (AvgIpc) is 2.99. The van der Waals surface area contributed by atoms with Gasteiger partial charge in [0.2, 0.25) is 5.95 Å². The van der Waals surface area contributed by atoms with Crippen molar-refractivity contribution >= 4 is 23.4 Å². The molecule has 134 valence electrons. The normalized spacial score (nSPS) is 10.6. The molecule has 1 amide bonds. The predicted octanol–water partition coefficient (Wildman–Crippen LogP) is 1.94. The van der Waals surface area contributed by atoms with Crippen LogP contribution < -0.4 is 16.4 Å². The topological polar surface area (TPSA) is 111 Å². The van der Waals surface area contributed by atoms with Crippen LogP contribution in [0.25, 0.3) is 0 Å². The Bertz CT molecular complexity index is 937. The van der Waals surface area contributed by atoms with Crippen LogP contribution in [0.5, 0.6) is 0 Å². The Kier molecular flexibility index (Phi) is 4.74. The molecule has 26 heavy (non-hydrogen) atoms. The zero-order valence-electron chi connectivity index (χ0n) is 13.7. The van der Waals surface area contributed by atoms with Gasteiger partial charge in [-0.3, -0.25) is 9.48 Å². The van der Waals surface area contributed by atoms with Gasteiger partial charge in [0.25, 0.3) is 5.91 Å². The molecular weight excluding hydrogens is 344 g/mol. The molecule has 0 aliphatic rings. The molecule has 0 aliphatic carbocycles. The van der Waals surface area contributed by atoms with E-state index in [-0.39, 0.29) is 29.4 Å². The third-order valence-electron chi connectivity index (χ3n) is 3.51. The van der Waals surface area contributed by atoms with Gasteiger partial charge in [-0.05, 0) is 12.1 Å². The molecule has 10 heteroatoms. The van der Waals surface area contributed by atoms with E-state index in [1.165, 1.54) is 12.3 Å². The van der Waals surface area contributed by atoms with Crippen molar-refractivity contribution in [3.05, 3.63) is 59.6 Å². The fourth-order valence-corrected chi connectivity index (χ4v) is 2.25. The Hall–Kier alpha value is -3.56. The van der Waals surface area contributed by atoms with E-state index in [9.17, 15) is 13.6 Å². The van der Waals surface area contributed by atoms with Crippen LogP contribution in [0.1, 0.15) is 15.9 Å². The van der Waals surface area contributed by atoms with Gasteiger partial charge in [0.15, 0.2) is 0 Å². The van der Waals surface area contributed by atoms with E-state index in [2.05, 4.69) is 25.7 Å². The maximum absolute atomic E-state index is 13.8. The first kappa shape index (κ1) is 17.3. The van der Waals surface area contributed by atoms with Crippen LogP contribution in [0.4, 0.5) is 26.2 Å². The minimum absolute atomic E-state index is 0.00140. The summed E-state index contributed by atoms with van der Waals surface area (Å²) in [6.07, 6.45) is 4.49. The standard InChI is InChI=1S/C16H15F2N7O/c1-25-8-9(5-22-25)23-16-21-7-11(14(19)26)15(24-16)20-6-10-12(17)3-2-4-13(10)18/h2-5,7-8H,6H2,1H3,(H2,19,26)(H2,20,21,23,24). The highest BCUT2D eigenvalue weighted by Crippen LogP contribution is 2.19. The minimum atomic E-state index is -0.769. The number of benzene rings is 1. The smallest absolute Gasteiger partial charge is 0.254 e. The molecule has 0 saturated carbocycles. The van der Waals surface area contributed by atoms with Gasteiger partial charge in [-0.15, -0.1) is 0 Å². The zero-order chi connectivity index (χ0) is 18.7. The molecule has 1 aromatic carbocycles. The first-order valence-electron chi connectivity index (χ1n) is 7.53. The van der Waals surface area contributed by atoms with Crippen LogP contribution in [0.15, 0.2) is 36.8 Å². The first-order valence-corrected chi connectivity index (χ1v) is 7.53. The summed E-state index contributed by atoms with van der Waals surface area (Å²) in [5.41, 5.74) is 5.76. The number of amides is 1. The lowest BCUT2D eigenvalue weighted by Crippen LogP contribution is -2.17. The van der Waals surface area contributed by atoms with Gasteiger partial charge in [-0.2, -0.15) is 10.1 Å². The number of rotatable bonds is 6. The summed E-state index contributed by atoms with van der Waals surface area (Å²) in [6.45, 7) is -0.220. The fourth-order valence-electron chi connectivity index (χ4n) is 2.25. The Labute approximate surface area is 147 Å². The highest BCUT2D eigenvalue weighted by atomic mass is 19.1. The highest BCUT2D eigenvalue weighted by Gasteiger charge is 2.15. The van der Waals surface area contributed by atoms with Crippen molar-refractivity contribution in [2.45, 2.75) is 6.54 Å². The number of hydrogen-bond acceptors (Lipinski definition) is 6. The molecular formula is C16H15F2N7O. The van der Waals surface area contributed by atoms with Crippen molar-refractivity contribution in [2.75, 3.05) is 10.6 Å². The van der Waals surface area contributed by atoms with E-state index in [1.807, 2.05) is 0 Å². The van der Waals surface area contributed by atoms with Crippen LogP contribution in [-0.2, 0) is 13.6 Å². The summed E-state index contributed by atoms with van der Waals surface area (Å²) < 4.78 is 29.1. The van der Waals surface area contributed by atoms with Crippen LogP contribution in [-0.4, -0.2) is 25.7 Å². The second-order valence-corrected chi connectivity index (χ2v) is 5.40. The Morgan fingerprint density at radius 1 is 1.27 bits per heavy atom. The van der Waals surface area contributed by atoms with E-state index >= 15 is 0 Å². The maximum Gasteiger partial charge on any atom is 0.254 e. The summed E-state index contributed by atoms with van der Waals surface area (Å²) in [6, 6.07) is 3.55. The largest absolute Gasteiger partial charge is 0.365 e. The lowest BCUT2D eigenvalue weighted by Gasteiger charge is -2.12. The second-order valence-electron chi connectivity index (χ2n) is 5.40. The molecule has 2 heterocycles. The molecule has 0 bridgehead atoms. The Morgan fingerprint density at radius 3 is 2.62 bits per heavy atom. The number of aromatic nitrogens is 4. The number of anilines is 3. The van der Waals surface area contributed by atoms with Crippen molar-refractivity contribution in [1.82, 2.24) is 19.7 Å². The van der Waals surface area contributed by atoms with Crippen LogP contribution in [0.3, 0.4) is 0 Å². The molecule has 0 saturated heterocycles. The molecule has 0 spiro atoms. The van der Waals surface area contributed by atoms with E-state index in [0.29, 0.717) is 5.69 Å². The van der Waals surface area contributed by atoms with Gasteiger partial charge in [-0.1, -0.05) is 6.07 Å². The van der Waals surface area contributed by atoms with E-state index in [0.717, 1.165) is 12.1 Å². The number of halogens is 2. The lowest BCUT2D eigenvalue weighted by molar-refractivity contribution is 0.100. The Morgan fingerprint density at radius 2 is 2.00 bits per heavy atom. The summed E-state index contributed by atoms with van der Waals surface area (Å²) >= 11 is 0. The van der Waals surface area contributed by atoms with E-state index in [4.69, 9.17) is 5.73 Å². The highest BCUT2D eigenvalue weighted by molar-refractivity contribution is 5.97. The van der Waals surface area contributed by atoms with Gasteiger partial charge in [-0.25, -0.2) is 13.8 Å². The third kappa shape index (κ3) is 3.74. The quantitative estimate of drug-likeness (QED) is 0.620. The van der Waals surface area contributed by atoms with Crippen molar-refractivity contribution < 1.29 is 13.6 Å². The summed E-state index contributed by atoms with van der Waals surface area (Å²) in [7, 11) is 1.75. The van der Waals surface area contributed by atoms with Crippen LogP contribution in [0.2, 0.25) is 0 Å². The molecule has 0 unspecified atom stereocenters. The second kappa shape index (κ2) is 7.13. The van der Waals surface area contributed by atoms with Crippen LogP contribution in [0, 0.1) is 11.6 Å². The number of nitrogens with one attached hydrogen (secondary N) is 2. The van der Waals surface area contributed by atoms with Gasteiger partial charge in [0, 0.05) is 31.5 Å². The monoisotopic (exact) mass is 359 g/mol. The van der Waals surface area contributed by atoms with Gasteiger partial charge >= 0.3 is 0 Å². The first-order chi connectivity index (χ1) is 12.4. The van der Waals surface area contributed by atoms with Gasteiger partial charge in [0.1, 0.15) is 17.5 Å². The molecule has 3 rings (SSSR count). The predicted molar refractivity (Wildman–Crippen MR) is 90.7 cm³/mol.